The molecule has 2 rings (SSSR count). The minimum absolute atomic E-state index is 0.0391. The summed E-state index contributed by atoms with van der Waals surface area (Å²) in [6, 6.07) is 7.52. The van der Waals surface area contributed by atoms with Gasteiger partial charge >= 0.3 is 0 Å². The van der Waals surface area contributed by atoms with Crippen LogP contribution in [0.4, 0.5) is 5.69 Å². The molecular formula is C16H25N3O2. The number of anilines is 1. The zero-order valence-electron chi connectivity index (χ0n) is 12.9. The van der Waals surface area contributed by atoms with Crippen LogP contribution in [0.15, 0.2) is 24.3 Å². The second-order valence-electron chi connectivity index (χ2n) is 5.67. The van der Waals surface area contributed by atoms with Gasteiger partial charge in [-0.3, -0.25) is 4.79 Å². The smallest absolute Gasteiger partial charge is 0.241 e. The molecule has 0 spiro atoms. The van der Waals surface area contributed by atoms with Gasteiger partial charge < -0.3 is 20.3 Å². The normalized spacial score (nSPS) is 18.0. The second kappa shape index (κ2) is 8.00. The molecule has 21 heavy (non-hydrogen) atoms. The number of benzene rings is 1. The summed E-state index contributed by atoms with van der Waals surface area (Å²) in [6.45, 7) is 2.61. The fourth-order valence-electron chi connectivity index (χ4n) is 2.37. The van der Waals surface area contributed by atoms with E-state index < -0.39 is 0 Å². The van der Waals surface area contributed by atoms with Gasteiger partial charge in [0.1, 0.15) is 5.75 Å². The van der Waals surface area contributed by atoms with Crippen LogP contribution in [0, 0.1) is 0 Å². The summed E-state index contributed by atoms with van der Waals surface area (Å²) in [5.74, 6) is 0.836. The highest BCUT2D eigenvalue weighted by atomic mass is 16.5. The van der Waals surface area contributed by atoms with E-state index in [0.717, 1.165) is 43.8 Å². The first-order valence-corrected chi connectivity index (χ1v) is 7.57. The molecule has 0 bridgehead atoms. The number of nitrogens with one attached hydrogen (secondary N) is 2. The summed E-state index contributed by atoms with van der Waals surface area (Å²) >= 11 is 0. The fourth-order valence-corrected chi connectivity index (χ4v) is 2.37. The van der Waals surface area contributed by atoms with Gasteiger partial charge in [-0.1, -0.05) is 6.07 Å². The van der Waals surface area contributed by atoms with Gasteiger partial charge in [-0.25, -0.2) is 0 Å². The Morgan fingerprint density at radius 1 is 1.48 bits per heavy atom. The minimum atomic E-state index is -0.0605. The molecule has 0 aromatic heterocycles. The van der Waals surface area contributed by atoms with Crippen LogP contribution in [-0.2, 0) is 4.79 Å². The average Bonchev–Trinajstić information content (AvgIpc) is 2.98. The summed E-state index contributed by atoms with van der Waals surface area (Å²) in [7, 11) is 4.10. The zero-order chi connectivity index (χ0) is 15.1. The van der Waals surface area contributed by atoms with E-state index >= 15 is 0 Å². The average molecular weight is 291 g/mol. The van der Waals surface area contributed by atoms with Crippen LogP contribution in [0.1, 0.15) is 19.3 Å². The Bertz CT molecular complexity index is 457. The molecule has 1 aliphatic rings. The van der Waals surface area contributed by atoms with E-state index in [9.17, 15) is 4.79 Å². The van der Waals surface area contributed by atoms with E-state index in [2.05, 4.69) is 15.5 Å². The second-order valence-corrected chi connectivity index (χ2v) is 5.67. The van der Waals surface area contributed by atoms with Crippen LogP contribution in [0.3, 0.4) is 0 Å². The number of amides is 1. The molecule has 1 amide bonds. The van der Waals surface area contributed by atoms with Crippen LogP contribution in [0.2, 0.25) is 0 Å². The van der Waals surface area contributed by atoms with Crippen LogP contribution < -0.4 is 15.4 Å². The summed E-state index contributed by atoms with van der Waals surface area (Å²) in [4.78, 5) is 14.2. The highest BCUT2D eigenvalue weighted by Gasteiger charge is 2.21. The van der Waals surface area contributed by atoms with E-state index in [0.29, 0.717) is 6.61 Å². The number of ether oxygens (including phenoxy) is 1. The lowest BCUT2D eigenvalue weighted by Gasteiger charge is -2.13. The van der Waals surface area contributed by atoms with Gasteiger partial charge in [-0.2, -0.15) is 0 Å². The molecule has 1 fully saturated rings. The molecule has 1 aliphatic heterocycles. The molecule has 1 saturated heterocycles. The number of hydrogen-bond acceptors (Lipinski definition) is 4. The first kappa shape index (κ1) is 15.8. The molecule has 5 heteroatoms. The van der Waals surface area contributed by atoms with Crippen molar-refractivity contribution in [3.8, 4) is 5.75 Å². The monoisotopic (exact) mass is 291 g/mol. The molecule has 116 valence electrons. The standard InChI is InChI=1S/C16H25N3O2/c1-19(2)10-5-11-21-14-7-3-6-13(12-14)18-16(20)15-8-4-9-17-15/h3,6-7,12,15,17H,4-5,8-11H2,1-2H3,(H,18,20). The molecule has 0 aliphatic carbocycles. The largest absolute Gasteiger partial charge is 0.493 e. The third kappa shape index (κ3) is 5.36. The number of carbonyl (C=O) groups excluding carboxylic acids is 1. The Morgan fingerprint density at radius 2 is 2.33 bits per heavy atom. The number of nitrogens with zero attached hydrogens (tertiary/aromatic N) is 1. The molecule has 1 aromatic carbocycles. The zero-order valence-corrected chi connectivity index (χ0v) is 12.9. The van der Waals surface area contributed by atoms with E-state index in [-0.39, 0.29) is 11.9 Å². The Kier molecular flexibility index (Phi) is 6.02. The molecule has 2 N–H and O–H groups in total. The quantitative estimate of drug-likeness (QED) is 0.751. The van der Waals surface area contributed by atoms with Crippen molar-refractivity contribution in [1.82, 2.24) is 10.2 Å². The Morgan fingerprint density at radius 3 is 3.05 bits per heavy atom. The molecule has 0 saturated carbocycles. The number of carbonyl (C=O) groups is 1. The van der Waals surface area contributed by atoms with Crippen molar-refractivity contribution in [2.45, 2.75) is 25.3 Å². The van der Waals surface area contributed by atoms with E-state index in [1.807, 2.05) is 38.4 Å². The molecule has 1 unspecified atom stereocenters. The maximum atomic E-state index is 12.0. The predicted molar refractivity (Wildman–Crippen MR) is 84.8 cm³/mol. The van der Waals surface area contributed by atoms with Gasteiger partial charge in [-0.05, 0) is 52.0 Å². The maximum absolute atomic E-state index is 12.0. The van der Waals surface area contributed by atoms with E-state index in [1.54, 1.807) is 0 Å². The van der Waals surface area contributed by atoms with Gasteiger partial charge in [-0.15, -0.1) is 0 Å². The lowest BCUT2D eigenvalue weighted by Crippen LogP contribution is -2.35. The number of hydrogen-bond donors (Lipinski definition) is 2. The topological polar surface area (TPSA) is 53.6 Å². The lowest BCUT2D eigenvalue weighted by molar-refractivity contribution is -0.117. The highest BCUT2D eigenvalue weighted by molar-refractivity contribution is 5.95. The lowest BCUT2D eigenvalue weighted by atomic mass is 10.2. The van der Waals surface area contributed by atoms with Crippen molar-refractivity contribution in [2.24, 2.45) is 0 Å². The van der Waals surface area contributed by atoms with Crippen molar-refractivity contribution in [2.75, 3.05) is 39.1 Å². The number of rotatable bonds is 7. The summed E-state index contributed by atoms with van der Waals surface area (Å²) in [5, 5.41) is 6.14. The maximum Gasteiger partial charge on any atom is 0.241 e. The van der Waals surface area contributed by atoms with Gasteiger partial charge in [0, 0.05) is 18.3 Å². The van der Waals surface area contributed by atoms with Crippen LogP contribution in [0.25, 0.3) is 0 Å². The summed E-state index contributed by atoms with van der Waals surface area (Å²) < 4.78 is 5.71. The molecule has 0 radical (unpaired) electrons. The van der Waals surface area contributed by atoms with Crippen LogP contribution in [0.5, 0.6) is 5.75 Å². The van der Waals surface area contributed by atoms with Crippen molar-refractivity contribution in [3.63, 3.8) is 0 Å². The minimum Gasteiger partial charge on any atom is -0.493 e. The predicted octanol–water partition coefficient (Wildman–Crippen LogP) is 1.71. The highest BCUT2D eigenvalue weighted by Crippen LogP contribution is 2.18. The van der Waals surface area contributed by atoms with Crippen molar-refractivity contribution < 1.29 is 9.53 Å². The Hall–Kier alpha value is -1.59. The molecular weight excluding hydrogens is 266 g/mol. The van der Waals surface area contributed by atoms with Crippen molar-refractivity contribution in [1.29, 1.82) is 0 Å². The molecule has 1 atom stereocenters. The third-order valence-corrected chi connectivity index (χ3v) is 3.50. The van der Waals surface area contributed by atoms with Crippen molar-refractivity contribution in [3.05, 3.63) is 24.3 Å². The van der Waals surface area contributed by atoms with Gasteiger partial charge in [0.25, 0.3) is 0 Å². The van der Waals surface area contributed by atoms with Gasteiger partial charge in [0.2, 0.25) is 5.91 Å². The van der Waals surface area contributed by atoms with Crippen LogP contribution >= 0.6 is 0 Å². The summed E-state index contributed by atoms with van der Waals surface area (Å²) in [6.07, 6.45) is 2.95. The van der Waals surface area contributed by atoms with Gasteiger partial charge in [0.15, 0.2) is 0 Å². The summed E-state index contributed by atoms with van der Waals surface area (Å²) in [5.41, 5.74) is 0.791. The van der Waals surface area contributed by atoms with Crippen LogP contribution in [-0.4, -0.2) is 50.6 Å². The van der Waals surface area contributed by atoms with Gasteiger partial charge in [0.05, 0.1) is 12.6 Å². The fraction of sp³-hybridized carbons (Fsp3) is 0.562. The SMILES string of the molecule is CN(C)CCCOc1cccc(NC(=O)C2CCCN2)c1. The molecule has 5 nitrogen and oxygen atoms in total. The van der Waals surface area contributed by atoms with Crippen molar-refractivity contribution >= 4 is 11.6 Å². The van der Waals surface area contributed by atoms with E-state index in [4.69, 9.17) is 4.74 Å². The first-order chi connectivity index (χ1) is 10.1. The third-order valence-electron chi connectivity index (χ3n) is 3.50. The first-order valence-electron chi connectivity index (χ1n) is 7.57. The van der Waals surface area contributed by atoms with E-state index in [1.165, 1.54) is 0 Å². The molecule has 1 aromatic rings. The Labute approximate surface area is 126 Å². The Balaban J connectivity index is 1.81. The molecule has 1 heterocycles.